The van der Waals surface area contributed by atoms with Gasteiger partial charge in [0.1, 0.15) is 5.75 Å². The van der Waals surface area contributed by atoms with Crippen molar-refractivity contribution in [1.82, 2.24) is 0 Å². The highest BCUT2D eigenvalue weighted by Gasteiger charge is 2.23. The zero-order valence-corrected chi connectivity index (χ0v) is 11.7. The van der Waals surface area contributed by atoms with E-state index >= 15 is 0 Å². The smallest absolute Gasteiger partial charge is 0.118 e. The fraction of sp³-hybridized carbons (Fsp3) is 0.294. The van der Waals surface area contributed by atoms with Crippen molar-refractivity contribution in [2.75, 3.05) is 12.4 Å². The van der Waals surface area contributed by atoms with E-state index < -0.39 is 0 Å². The maximum absolute atomic E-state index is 5.21. The normalized spacial score (nSPS) is 16.9. The zero-order valence-electron chi connectivity index (χ0n) is 11.7. The van der Waals surface area contributed by atoms with E-state index in [9.17, 15) is 0 Å². The Morgan fingerprint density at radius 2 is 1.84 bits per heavy atom. The highest BCUT2D eigenvalue weighted by atomic mass is 16.5. The van der Waals surface area contributed by atoms with Crippen molar-refractivity contribution in [2.24, 2.45) is 0 Å². The van der Waals surface area contributed by atoms with Gasteiger partial charge in [0.15, 0.2) is 0 Å². The highest BCUT2D eigenvalue weighted by molar-refractivity contribution is 5.62. The van der Waals surface area contributed by atoms with Crippen molar-refractivity contribution in [1.29, 1.82) is 0 Å². The molecule has 0 bridgehead atoms. The lowest BCUT2D eigenvalue weighted by atomic mass is 9.99. The van der Waals surface area contributed by atoms with Crippen molar-refractivity contribution in [2.45, 2.75) is 26.3 Å². The molecule has 98 valence electrons. The lowest BCUT2D eigenvalue weighted by Crippen LogP contribution is -2.05. The number of benzene rings is 2. The summed E-state index contributed by atoms with van der Waals surface area (Å²) in [6.45, 7) is 4.35. The van der Waals surface area contributed by atoms with Crippen LogP contribution in [0.2, 0.25) is 0 Å². The van der Waals surface area contributed by atoms with Gasteiger partial charge in [-0.3, -0.25) is 0 Å². The van der Waals surface area contributed by atoms with E-state index in [1.54, 1.807) is 7.11 Å². The first-order valence-electron chi connectivity index (χ1n) is 6.68. The molecule has 0 saturated carbocycles. The second-order valence-corrected chi connectivity index (χ2v) is 5.28. The molecule has 2 nitrogen and oxygen atoms in total. The molecule has 0 aromatic heterocycles. The van der Waals surface area contributed by atoms with Gasteiger partial charge in [-0.2, -0.15) is 0 Å². The molecule has 0 spiro atoms. The Balaban J connectivity index is 1.88. The standard InChI is InChI=1S/C17H19NO/c1-11-8-12(2)15-10-16(18-17(15)9-11)13-4-6-14(19-3)7-5-13/h4-9,16,18H,10H2,1-3H3. The number of aryl methyl sites for hydroxylation is 2. The maximum Gasteiger partial charge on any atom is 0.118 e. The van der Waals surface area contributed by atoms with Gasteiger partial charge in [0.05, 0.1) is 13.2 Å². The molecule has 0 amide bonds. The number of hydrogen-bond donors (Lipinski definition) is 1. The predicted octanol–water partition coefficient (Wildman–Crippen LogP) is 4.02. The van der Waals surface area contributed by atoms with E-state index in [1.807, 2.05) is 12.1 Å². The molecule has 1 heterocycles. The van der Waals surface area contributed by atoms with Crippen LogP contribution < -0.4 is 10.1 Å². The summed E-state index contributed by atoms with van der Waals surface area (Å²) in [5, 5.41) is 3.63. The third-order valence-corrected chi connectivity index (χ3v) is 3.87. The predicted molar refractivity (Wildman–Crippen MR) is 79.0 cm³/mol. The summed E-state index contributed by atoms with van der Waals surface area (Å²) in [4.78, 5) is 0. The monoisotopic (exact) mass is 253 g/mol. The average Bonchev–Trinajstić information content (AvgIpc) is 2.83. The van der Waals surface area contributed by atoms with Crippen LogP contribution >= 0.6 is 0 Å². The van der Waals surface area contributed by atoms with E-state index in [-0.39, 0.29) is 0 Å². The SMILES string of the molecule is COc1ccc(C2Cc3c(C)cc(C)cc3N2)cc1. The Hall–Kier alpha value is -1.96. The van der Waals surface area contributed by atoms with E-state index in [1.165, 1.54) is 27.9 Å². The summed E-state index contributed by atoms with van der Waals surface area (Å²) in [6.07, 6.45) is 1.06. The Bertz CT molecular complexity index is 601. The lowest BCUT2D eigenvalue weighted by Gasteiger charge is -2.12. The first-order chi connectivity index (χ1) is 9.17. The van der Waals surface area contributed by atoms with Gasteiger partial charge in [-0.1, -0.05) is 18.2 Å². The molecule has 1 N–H and O–H groups in total. The minimum absolute atomic E-state index is 0.376. The van der Waals surface area contributed by atoms with Crippen molar-refractivity contribution in [3.8, 4) is 5.75 Å². The number of anilines is 1. The second-order valence-electron chi connectivity index (χ2n) is 5.28. The zero-order chi connectivity index (χ0) is 13.4. The van der Waals surface area contributed by atoms with Crippen molar-refractivity contribution >= 4 is 5.69 Å². The van der Waals surface area contributed by atoms with Crippen LogP contribution in [0.5, 0.6) is 5.75 Å². The molecule has 0 aliphatic carbocycles. The Morgan fingerprint density at radius 1 is 1.11 bits per heavy atom. The third-order valence-electron chi connectivity index (χ3n) is 3.87. The molecule has 1 atom stereocenters. The largest absolute Gasteiger partial charge is 0.497 e. The van der Waals surface area contributed by atoms with Crippen LogP contribution in [0.4, 0.5) is 5.69 Å². The van der Waals surface area contributed by atoms with Crippen molar-refractivity contribution < 1.29 is 4.74 Å². The van der Waals surface area contributed by atoms with Gasteiger partial charge in [0.2, 0.25) is 0 Å². The van der Waals surface area contributed by atoms with Crippen LogP contribution in [0.15, 0.2) is 36.4 Å². The molecule has 0 radical (unpaired) electrons. The quantitative estimate of drug-likeness (QED) is 0.872. The minimum atomic E-state index is 0.376. The van der Waals surface area contributed by atoms with Gasteiger partial charge in [0, 0.05) is 5.69 Å². The van der Waals surface area contributed by atoms with Crippen LogP contribution in [0, 0.1) is 13.8 Å². The topological polar surface area (TPSA) is 21.3 Å². The van der Waals surface area contributed by atoms with Gasteiger partial charge in [-0.15, -0.1) is 0 Å². The van der Waals surface area contributed by atoms with E-state index in [4.69, 9.17) is 4.74 Å². The van der Waals surface area contributed by atoms with Crippen molar-refractivity contribution in [3.63, 3.8) is 0 Å². The molecule has 2 heteroatoms. The Kier molecular flexibility index (Phi) is 2.94. The van der Waals surface area contributed by atoms with Gasteiger partial charge in [0.25, 0.3) is 0 Å². The average molecular weight is 253 g/mol. The van der Waals surface area contributed by atoms with Gasteiger partial charge in [-0.25, -0.2) is 0 Å². The van der Waals surface area contributed by atoms with Crippen LogP contribution in [-0.4, -0.2) is 7.11 Å². The van der Waals surface area contributed by atoms with Gasteiger partial charge in [-0.05, 0) is 60.7 Å². The van der Waals surface area contributed by atoms with Crippen LogP contribution in [0.1, 0.15) is 28.3 Å². The molecular weight excluding hydrogens is 234 g/mol. The van der Waals surface area contributed by atoms with E-state index in [0.29, 0.717) is 6.04 Å². The molecule has 1 aliphatic heterocycles. The molecule has 2 aromatic carbocycles. The number of methoxy groups -OCH3 is 1. The van der Waals surface area contributed by atoms with E-state index in [0.717, 1.165) is 12.2 Å². The summed E-state index contributed by atoms with van der Waals surface area (Å²) >= 11 is 0. The molecule has 1 unspecified atom stereocenters. The Labute approximate surface area is 114 Å². The molecule has 1 aliphatic rings. The number of hydrogen-bond acceptors (Lipinski definition) is 2. The molecule has 19 heavy (non-hydrogen) atoms. The van der Waals surface area contributed by atoms with Gasteiger partial charge < -0.3 is 10.1 Å². The number of fused-ring (bicyclic) bond motifs is 1. The fourth-order valence-electron chi connectivity index (χ4n) is 2.88. The maximum atomic E-state index is 5.21. The van der Waals surface area contributed by atoms with Crippen LogP contribution in [0.3, 0.4) is 0 Å². The third kappa shape index (κ3) is 2.19. The van der Waals surface area contributed by atoms with Crippen molar-refractivity contribution in [3.05, 3.63) is 58.7 Å². The summed E-state index contributed by atoms with van der Waals surface area (Å²) in [5.41, 5.74) is 6.76. The summed E-state index contributed by atoms with van der Waals surface area (Å²) in [5.74, 6) is 0.909. The first kappa shape index (κ1) is 12.1. The summed E-state index contributed by atoms with van der Waals surface area (Å²) < 4.78 is 5.21. The number of rotatable bonds is 2. The first-order valence-corrected chi connectivity index (χ1v) is 6.68. The minimum Gasteiger partial charge on any atom is -0.497 e. The number of nitrogens with one attached hydrogen (secondary N) is 1. The molecule has 2 aromatic rings. The molecule has 0 saturated heterocycles. The number of ether oxygens (including phenoxy) is 1. The molecular formula is C17H19NO. The summed E-state index contributed by atoms with van der Waals surface area (Å²) in [6, 6.07) is 13.2. The Morgan fingerprint density at radius 3 is 2.53 bits per heavy atom. The van der Waals surface area contributed by atoms with E-state index in [2.05, 4.69) is 43.4 Å². The van der Waals surface area contributed by atoms with Crippen LogP contribution in [-0.2, 0) is 6.42 Å². The highest BCUT2D eigenvalue weighted by Crippen LogP contribution is 2.37. The summed E-state index contributed by atoms with van der Waals surface area (Å²) in [7, 11) is 1.70. The molecule has 3 rings (SSSR count). The van der Waals surface area contributed by atoms with Crippen LogP contribution in [0.25, 0.3) is 0 Å². The second kappa shape index (κ2) is 4.61. The van der Waals surface area contributed by atoms with Gasteiger partial charge >= 0.3 is 0 Å². The lowest BCUT2D eigenvalue weighted by molar-refractivity contribution is 0.414. The fourth-order valence-corrected chi connectivity index (χ4v) is 2.88. The molecule has 0 fully saturated rings.